The van der Waals surface area contributed by atoms with Crippen molar-refractivity contribution in [1.29, 1.82) is 0 Å². The second-order valence-corrected chi connectivity index (χ2v) is 8.13. The van der Waals surface area contributed by atoms with Gasteiger partial charge in [0.25, 0.3) is 5.91 Å². The van der Waals surface area contributed by atoms with Crippen molar-refractivity contribution in [1.82, 2.24) is 10.2 Å². The minimum absolute atomic E-state index is 0.105. The monoisotopic (exact) mass is 427 g/mol. The Hall–Kier alpha value is -3.44. The van der Waals surface area contributed by atoms with Gasteiger partial charge in [-0.25, -0.2) is 0 Å². The summed E-state index contributed by atoms with van der Waals surface area (Å²) in [5.41, 5.74) is 3.41. The lowest BCUT2D eigenvalue weighted by Crippen LogP contribution is -2.35. The van der Waals surface area contributed by atoms with E-state index in [1.54, 1.807) is 0 Å². The first kappa shape index (κ1) is 21.8. The Balaban J connectivity index is 1.42. The van der Waals surface area contributed by atoms with Gasteiger partial charge in [0.05, 0.1) is 0 Å². The Morgan fingerprint density at radius 2 is 1.41 bits per heavy atom. The number of likely N-dealkylation sites (tertiary alicyclic amines) is 1. The molecule has 0 aliphatic carbocycles. The average Bonchev–Trinajstić information content (AvgIpc) is 2.86. The predicted octanol–water partition coefficient (Wildman–Crippen LogP) is 4.78. The second-order valence-electron chi connectivity index (χ2n) is 8.13. The van der Waals surface area contributed by atoms with Gasteiger partial charge >= 0.3 is 0 Å². The van der Waals surface area contributed by atoms with Crippen LogP contribution in [0.2, 0.25) is 0 Å². The van der Waals surface area contributed by atoms with Crippen molar-refractivity contribution in [2.24, 2.45) is 0 Å². The molecule has 1 atom stereocenters. The fourth-order valence-electron chi connectivity index (χ4n) is 4.01. The third-order valence-corrected chi connectivity index (χ3v) is 5.79. The van der Waals surface area contributed by atoms with Crippen LogP contribution in [0.4, 0.5) is 5.69 Å². The summed E-state index contributed by atoms with van der Waals surface area (Å²) in [6, 6.07) is 26.3. The normalized spacial score (nSPS) is 14.6. The first-order valence-corrected chi connectivity index (χ1v) is 11.2. The van der Waals surface area contributed by atoms with E-state index < -0.39 is 6.04 Å². The topological polar surface area (TPSA) is 61.4 Å². The second kappa shape index (κ2) is 10.7. The molecule has 0 bridgehead atoms. The highest BCUT2D eigenvalue weighted by atomic mass is 16.2. The zero-order valence-corrected chi connectivity index (χ0v) is 18.2. The van der Waals surface area contributed by atoms with Gasteiger partial charge in [-0.3, -0.25) is 14.9 Å². The maximum absolute atomic E-state index is 13.0. The van der Waals surface area contributed by atoms with E-state index in [4.69, 9.17) is 0 Å². The van der Waals surface area contributed by atoms with Gasteiger partial charge in [0, 0.05) is 30.9 Å². The lowest BCUT2D eigenvalue weighted by atomic mass is 10.0. The number of hydrogen-bond acceptors (Lipinski definition) is 3. The van der Waals surface area contributed by atoms with Crippen molar-refractivity contribution in [3.05, 3.63) is 102 Å². The van der Waals surface area contributed by atoms with Gasteiger partial charge in [0.1, 0.15) is 6.04 Å². The van der Waals surface area contributed by atoms with Crippen LogP contribution in [0.1, 0.15) is 46.8 Å². The number of carbonyl (C=O) groups excluding carboxylic acids is 2. The summed E-state index contributed by atoms with van der Waals surface area (Å²) in [5, 5.41) is 6.36. The van der Waals surface area contributed by atoms with Crippen LogP contribution in [0, 0.1) is 0 Å². The van der Waals surface area contributed by atoms with E-state index >= 15 is 0 Å². The van der Waals surface area contributed by atoms with Crippen LogP contribution in [0.3, 0.4) is 0 Å². The lowest BCUT2D eigenvalue weighted by Gasteiger charge is -2.26. The van der Waals surface area contributed by atoms with E-state index in [0.717, 1.165) is 48.3 Å². The number of nitrogens with zero attached hydrogens (tertiary/aromatic N) is 1. The van der Waals surface area contributed by atoms with Crippen molar-refractivity contribution in [2.75, 3.05) is 18.4 Å². The largest absolute Gasteiger partial charge is 0.339 e. The fourth-order valence-corrected chi connectivity index (χ4v) is 4.01. The van der Waals surface area contributed by atoms with Crippen molar-refractivity contribution < 1.29 is 9.59 Å². The van der Waals surface area contributed by atoms with Crippen molar-refractivity contribution >= 4 is 17.5 Å². The van der Waals surface area contributed by atoms with Crippen LogP contribution in [0.15, 0.2) is 84.9 Å². The molecule has 164 valence electrons. The van der Waals surface area contributed by atoms with Gasteiger partial charge in [-0.2, -0.15) is 0 Å². The third-order valence-electron chi connectivity index (χ3n) is 5.79. The van der Waals surface area contributed by atoms with E-state index in [1.165, 1.54) is 6.42 Å². The quantitative estimate of drug-likeness (QED) is 0.570. The molecule has 1 unspecified atom stereocenters. The number of piperidine rings is 1. The molecular weight excluding hydrogens is 398 g/mol. The van der Waals surface area contributed by atoms with Crippen molar-refractivity contribution in [2.45, 2.75) is 31.8 Å². The third kappa shape index (κ3) is 5.62. The zero-order valence-electron chi connectivity index (χ0n) is 18.2. The van der Waals surface area contributed by atoms with Crippen LogP contribution in [0.5, 0.6) is 0 Å². The molecule has 5 heteroatoms. The molecule has 2 amide bonds. The Kier molecular flexibility index (Phi) is 7.31. The number of carbonyl (C=O) groups is 2. The van der Waals surface area contributed by atoms with Crippen LogP contribution in [-0.4, -0.2) is 29.8 Å². The number of amides is 2. The summed E-state index contributed by atoms with van der Waals surface area (Å²) in [5.74, 6) is -0.00657. The highest BCUT2D eigenvalue weighted by Crippen LogP contribution is 2.18. The molecule has 4 rings (SSSR count). The van der Waals surface area contributed by atoms with Gasteiger partial charge in [0.2, 0.25) is 5.91 Å². The number of para-hydroxylation sites is 1. The number of benzene rings is 3. The molecular formula is C27H29N3O2. The summed E-state index contributed by atoms with van der Waals surface area (Å²) in [7, 11) is 0. The van der Waals surface area contributed by atoms with E-state index in [2.05, 4.69) is 10.6 Å². The summed E-state index contributed by atoms with van der Waals surface area (Å²) in [6.07, 6.45) is 3.37. The molecule has 2 N–H and O–H groups in total. The predicted molar refractivity (Wildman–Crippen MR) is 127 cm³/mol. The Bertz CT molecular complexity index is 1010. The van der Waals surface area contributed by atoms with Crippen molar-refractivity contribution in [3.63, 3.8) is 0 Å². The highest BCUT2D eigenvalue weighted by Gasteiger charge is 2.21. The molecule has 0 radical (unpaired) electrons. The molecule has 1 saturated heterocycles. The van der Waals surface area contributed by atoms with Gasteiger partial charge in [0.15, 0.2) is 0 Å². The van der Waals surface area contributed by atoms with E-state index in [1.807, 2.05) is 89.8 Å². The standard InChI is InChI=1S/C27H29N3O2/c31-26(29-24-12-6-2-7-13-24)25(22-10-4-1-5-11-22)28-20-21-14-16-23(17-15-21)27(32)30-18-8-3-9-19-30/h1-2,4-7,10-17,25,28H,3,8-9,18-20H2,(H,29,31). The fraction of sp³-hybridized carbons (Fsp3) is 0.259. The molecule has 1 fully saturated rings. The van der Waals surface area contributed by atoms with Crippen LogP contribution in [-0.2, 0) is 11.3 Å². The molecule has 0 saturated carbocycles. The summed E-state index contributed by atoms with van der Waals surface area (Å²) >= 11 is 0. The number of nitrogens with one attached hydrogen (secondary N) is 2. The smallest absolute Gasteiger partial charge is 0.253 e. The minimum Gasteiger partial charge on any atom is -0.339 e. The van der Waals surface area contributed by atoms with Gasteiger partial charge in [-0.1, -0.05) is 60.7 Å². The van der Waals surface area contributed by atoms with Gasteiger partial charge < -0.3 is 10.2 Å². The Morgan fingerprint density at radius 1 is 0.781 bits per heavy atom. The number of anilines is 1. The molecule has 3 aromatic rings. The zero-order chi connectivity index (χ0) is 22.2. The minimum atomic E-state index is -0.494. The number of rotatable bonds is 7. The molecule has 3 aromatic carbocycles. The molecule has 1 heterocycles. The van der Waals surface area contributed by atoms with E-state index in [9.17, 15) is 9.59 Å². The number of hydrogen-bond donors (Lipinski definition) is 2. The average molecular weight is 428 g/mol. The van der Waals surface area contributed by atoms with Crippen molar-refractivity contribution in [3.8, 4) is 0 Å². The highest BCUT2D eigenvalue weighted by molar-refractivity contribution is 5.95. The first-order chi connectivity index (χ1) is 15.7. The Labute approximate surface area is 189 Å². The maximum atomic E-state index is 13.0. The van der Waals surface area contributed by atoms with Crippen LogP contribution >= 0.6 is 0 Å². The molecule has 1 aliphatic rings. The maximum Gasteiger partial charge on any atom is 0.253 e. The Morgan fingerprint density at radius 3 is 2.06 bits per heavy atom. The molecule has 1 aliphatic heterocycles. The summed E-state index contributed by atoms with van der Waals surface area (Å²) in [4.78, 5) is 27.7. The summed E-state index contributed by atoms with van der Waals surface area (Å²) in [6.45, 7) is 2.20. The first-order valence-electron chi connectivity index (χ1n) is 11.2. The van der Waals surface area contributed by atoms with Crippen LogP contribution in [0.25, 0.3) is 0 Å². The molecule has 0 aromatic heterocycles. The summed E-state index contributed by atoms with van der Waals surface area (Å²) < 4.78 is 0. The molecule has 32 heavy (non-hydrogen) atoms. The van der Waals surface area contributed by atoms with Crippen LogP contribution < -0.4 is 10.6 Å². The van der Waals surface area contributed by atoms with E-state index in [-0.39, 0.29) is 11.8 Å². The van der Waals surface area contributed by atoms with E-state index in [0.29, 0.717) is 6.54 Å². The van der Waals surface area contributed by atoms with Gasteiger partial charge in [-0.15, -0.1) is 0 Å². The van der Waals surface area contributed by atoms with Gasteiger partial charge in [-0.05, 0) is 54.7 Å². The molecule has 0 spiro atoms. The SMILES string of the molecule is O=C(Nc1ccccc1)C(NCc1ccc(C(=O)N2CCCCC2)cc1)c1ccccc1. The molecule has 5 nitrogen and oxygen atoms in total. The lowest BCUT2D eigenvalue weighted by molar-refractivity contribution is -0.118.